The van der Waals surface area contributed by atoms with Gasteiger partial charge in [0.05, 0.1) is 26.4 Å². The third-order valence-corrected chi connectivity index (χ3v) is 10.5. The second kappa shape index (κ2) is 39.6. The predicted molar refractivity (Wildman–Crippen MR) is 238 cm³/mol. The highest BCUT2D eigenvalue weighted by Gasteiger charge is 2.11. The van der Waals surface area contributed by atoms with Crippen molar-refractivity contribution in [3.8, 4) is 11.5 Å². The zero-order valence-electron chi connectivity index (χ0n) is 37.9. The standard InChI is InChI=1S/C49H87NO8/c1-5-7-9-11-13-19-25-32-47(51)56-40-29-23-17-15-21-27-38-54-45-35-36-46(44(42-45)43-58-49(53)34-31-37-50(3)4)55-39-28-22-16-18-24-30-41-57-48(52)33-26-20-14-12-10-8-6-2/h35-36,42H,5-34,37-41,43H2,1-4H3. The molecule has 0 aliphatic heterocycles. The predicted octanol–water partition coefficient (Wildman–Crippen LogP) is 12.9. The molecule has 1 rings (SSSR count). The van der Waals surface area contributed by atoms with E-state index in [0.717, 1.165) is 133 Å². The molecule has 0 atom stereocenters. The second-order valence-electron chi connectivity index (χ2n) is 16.5. The lowest BCUT2D eigenvalue weighted by Gasteiger charge is -2.15. The third kappa shape index (κ3) is 34.1. The lowest BCUT2D eigenvalue weighted by atomic mass is 10.1. The van der Waals surface area contributed by atoms with Crippen LogP contribution in [0.15, 0.2) is 18.2 Å². The van der Waals surface area contributed by atoms with E-state index in [4.69, 9.17) is 23.7 Å². The van der Waals surface area contributed by atoms with Gasteiger partial charge in [0.1, 0.15) is 18.1 Å². The first-order valence-electron chi connectivity index (χ1n) is 23.9. The van der Waals surface area contributed by atoms with Crippen LogP contribution < -0.4 is 9.47 Å². The number of carbonyl (C=O) groups excluding carboxylic acids is 3. The molecule has 0 fully saturated rings. The van der Waals surface area contributed by atoms with Crippen molar-refractivity contribution in [2.24, 2.45) is 0 Å². The van der Waals surface area contributed by atoms with Gasteiger partial charge in [-0.15, -0.1) is 0 Å². The minimum Gasteiger partial charge on any atom is -0.494 e. The summed E-state index contributed by atoms with van der Waals surface area (Å²) < 4.78 is 28.8. The number of esters is 3. The van der Waals surface area contributed by atoms with Gasteiger partial charge in [-0.3, -0.25) is 14.4 Å². The largest absolute Gasteiger partial charge is 0.494 e. The van der Waals surface area contributed by atoms with Gasteiger partial charge < -0.3 is 28.6 Å². The van der Waals surface area contributed by atoms with Gasteiger partial charge in [-0.2, -0.15) is 0 Å². The summed E-state index contributed by atoms with van der Waals surface area (Å²) in [5.41, 5.74) is 0.822. The van der Waals surface area contributed by atoms with Crippen LogP contribution in [0.5, 0.6) is 11.5 Å². The summed E-state index contributed by atoms with van der Waals surface area (Å²) in [6.45, 7) is 7.75. The molecular weight excluding hydrogens is 731 g/mol. The van der Waals surface area contributed by atoms with Crippen LogP contribution in [0.2, 0.25) is 0 Å². The van der Waals surface area contributed by atoms with Gasteiger partial charge in [-0.25, -0.2) is 0 Å². The Bertz CT molecular complexity index is 1130. The monoisotopic (exact) mass is 818 g/mol. The highest BCUT2D eigenvalue weighted by molar-refractivity contribution is 5.70. The van der Waals surface area contributed by atoms with E-state index in [1.165, 1.54) is 64.2 Å². The molecule has 0 bridgehead atoms. The molecule has 1 aromatic carbocycles. The first-order valence-corrected chi connectivity index (χ1v) is 23.9. The summed E-state index contributed by atoms with van der Waals surface area (Å²) in [5.74, 6) is 1.19. The number of hydrogen-bond acceptors (Lipinski definition) is 9. The molecule has 0 aliphatic carbocycles. The van der Waals surface area contributed by atoms with Crippen LogP contribution in [-0.2, 0) is 35.2 Å². The molecule has 0 saturated heterocycles. The van der Waals surface area contributed by atoms with Crippen molar-refractivity contribution >= 4 is 17.9 Å². The maximum Gasteiger partial charge on any atom is 0.306 e. The van der Waals surface area contributed by atoms with Gasteiger partial charge in [0.25, 0.3) is 0 Å². The van der Waals surface area contributed by atoms with E-state index in [1.54, 1.807) is 0 Å². The van der Waals surface area contributed by atoms with Gasteiger partial charge in [-0.05, 0) is 83.8 Å². The number of ether oxygens (including phenoxy) is 5. The number of nitrogens with zero attached hydrogens (tertiary/aromatic N) is 1. The topological polar surface area (TPSA) is 101 Å². The van der Waals surface area contributed by atoms with Crippen molar-refractivity contribution in [1.82, 2.24) is 4.90 Å². The van der Waals surface area contributed by atoms with Crippen molar-refractivity contribution in [3.05, 3.63) is 23.8 Å². The minimum atomic E-state index is -0.205. The van der Waals surface area contributed by atoms with Crippen molar-refractivity contribution < 1.29 is 38.1 Å². The van der Waals surface area contributed by atoms with Gasteiger partial charge in [0, 0.05) is 24.8 Å². The van der Waals surface area contributed by atoms with E-state index in [-0.39, 0.29) is 24.5 Å². The quantitative estimate of drug-likeness (QED) is 0.0362. The molecule has 0 radical (unpaired) electrons. The van der Waals surface area contributed by atoms with Crippen LogP contribution >= 0.6 is 0 Å². The number of unbranched alkanes of at least 4 members (excludes halogenated alkanes) is 22. The van der Waals surface area contributed by atoms with Gasteiger partial charge in [0.2, 0.25) is 0 Å². The van der Waals surface area contributed by atoms with Crippen LogP contribution in [0.1, 0.15) is 212 Å². The Morgan fingerprint density at radius 2 is 0.845 bits per heavy atom. The summed E-state index contributed by atoms with van der Waals surface area (Å²) >= 11 is 0. The van der Waals surface area contributed by atoms with Crippen LogP contribution in [0, 0.1) is 0 Å². The van der Waals surface area contributed by atoms with Crippen LogP contribution in [0.3, 0.4) is 0 Å². The van der Waals surface area contributed by atoms with E-state index in [9.17, 15) is 14.4 Å². The summed E-state index contributed by atoms with van der Waals surface area (Å²) in [5, 5.41) is 0. The molecule has 0 aliphatic rings. The fourth-order valence-electron chi connectivity index (χ4n) is 6.83. The molecule has 58 heavy (non-hydrogen) atoms. The Morgan fingerprint density at radius 3 is 1.33 bits per heavy atom. The molecule has 9 nitrogen and oxygen atoms in total. The van der Waals surface area contributed by atoms with E-state index in [1.807, 2.05) is 32.3 Å². The molecule has 0 unspecified atom stereocenters. The molecule has 0 N–H and O–H groups in total. The first kappa shape index (κ1) is 53.2. The van der Waals surface area contributed by atoms with Crippen molar-refractivity contribution in [3.63, 3.8) is 0 Å². The molecule has 1 aromatic rings. The number of carbonyl (C=O) groups is 3. The fraction of sp³-hybridized carbons (Fsp3) is 0.816. The molecule has 0 heterocycles. The van der Waals surface area contributed by atoms with E-state index in [2.05, 4.69) is 18.7 Å². The molecule has 336 valence electrons. The molecule has 0 spiro atoms. The molecule has 9 heteroatoms. The maximum atomic E-state index is 12.5. The zero-order chi connectivity index (χ0) is 42.2. The number of hydrogen-bond donors (Lipinski definition) is 0. The van der Waals surface area contributed by atoms with E-state index >= 15 is 0 Å². The Morgan fingerprint density at radius 1 is 0.448 bits per heavy atom. The average molecular weight is 818 g/mol. The van der Waals surface area contributed by atoms with Crippen molar-refractivity contribution in [2.45, 2.75) is 213 Å². The lowest BCUT2D eigenvalue weighted by Crippen LogP contribution is -2.15. The Hall–Kier alpha value is -2.81. The van der Waals surface area contributed by atoms with Crippen molar-refractivity contribution in [1.29, 1.82) is 0 Å². The second-order valence-corrected chi connectivity index (χ2v) is 16.5. The Kier molecular flexibility index (Phi) is 36.4. The molecule has 0 aromatic heterocycles. The fourth-order valence-corrected chi connectivity index (χ4v) is 6.83. The zero-order valence-corrected chi connectivity index (χ0v) is 37.9. The summed E-state index contributed by atoms with van der Waals surface area (Å²) in [7, 11) is 4.00. The SMILES string of the molecule is CCCCCCCCCC(=O)OCCCCCCCCOc1ccc(OCCCCCCCCOC(=O)CCCCCCCCC)c(COC(=O)CCCN(C)C)c1. The highest BCUT2D eigenvalue weighted by atomic mass is 16.5. The van der Waals surface area contributed by atoms with Gasteiger partial charge in [-0.1, -0.05) is 142 Å². The lowest BCUT2D eigenvalue weighted by molar-refractivity contribution is -0.145. The Labute approximate surface area is 355 Å². The van der Waals surface area contributed by atoms with Crippen LogP contribution in [0.4, 0.5) is 0 Å². The van der Waals surface area contributed by atoms with E-state index in [0.29, 0.717) is 45.7 Å². The smallest absolute Gasteiger partial charge is 0.306 e. The van der Waals surface area contributed by atoms with Gasteiger partial charge in [0.15, 0.2) is 0 Å². The minimum absolute atomic E-state index is 0.0458. The van der Waals surface area contributed by atoms with Crippen LogP contribution in [0.25, 0.3) is 0 Å². The molecule has 0 saturated carbocycles. The van der Waals surface area contributed by atoms with Gasteiger partial charge >= 0.3 is 17.9 Å². The normalized spacial score (nSPS) is 11.2. The van der Waals surface area contributed by atoms with Crippen molar-refractivity contribution in [2.75, 3.05) is 47.1 Å². The summed E-state index contributed by atoms with van der Waals surface area (Å²) in [6, 6.07) is 5.81. The Balaban J connectivity index is 2.27. The van der Waals surface area contributed by atoms with Crippen LogP contribution in [-0.4, -0.2) is 69.9 Å². The number of rotatable bonds is 42. The molecule has 0 amide bonds. The van der Waals surface area contributed by atoms with E-state index < -0.39 is 0 Å². The molecular formula is C49H87NO8. The number of benzene rings is 1. The summed E-state index contributed by atoms with van der Waals surface area (Å²) in [4.78, 5) is 38.5. The third-order valence-electron chi connectivity index (χ3n) is 10.5. The summed E-state index contributed by atoms with van der Waals surface area (Å²) in [6.07, 6.45) is 31.7. The first-order chi connectivity index (χ1) is 28.3. The maximum absolute atomic E-state index is 12.5. The average Bonchev–Trinajstić information content (AvgIpc) is 3.21. The highest BCUT2D eigenvalue weighted by Crippen LogP contribution is 2.26.